The van der Waals surface area contributed by atoms with Crippen molar-refractivity contribution in [3.8, 4) is 5.75 Å². The van der Waals surface area contributed by atoms with Crippen molar-refractivity contribution in [3.63, 3.8) is 0 Å². The molecule has 29 heavy (non-hydrogen) atoms. The van der Waals surface area contributed by atoms with E-state index in [4.69, 9.17) is 4.74 Å². The van der Waals surface area contributed by atoms with Crippen molar-refractivity contribution in [3.05, 3.63) is 101 Å². The average Bonchev–Trinajstić information content (AvgIpc) is 2.71. The molecule has 7 heteroatoms. The Hall–Kier alpha value is -3.74. The van der Waals surface area contributed by atoms with Gasteiger partial charge in [-0.1, -0.05) is 48.5 Å². The zero-order valence-electron chi connectivity index (χ0n) is 15.3. The Morgan fingerprint density at radius 2 is 1.48 bits per heavy atom. The standard InChI is InChI=1S/C22H18F2N2O3/c23-18-11-17(12-19(24)13-18)22(28)26-25-21(27)14-29-20-9-5-4-8-16(20)10-15-6-2-1-3-7-15/h1-9,11-13H,10,14H2,(H,25,27)(H,26,28). The van der Waals surface area contributed by atoms with E-state index in [9.17, 15) is 18.4 Å². The fraction of sp³-hybridized carbons (Fsp3) is 0.0909. The van der Waals surface area contributed by atoms with Gasteiger partial charge < -0.3 is 4.74 Å². The molecule has 0 saturated carbocycles. The molecule has 0 atom stereocenters. The summed E-state index contributed by atoms with van der Waals surface area (Å²) in [6.07, 6.45) is 0.639. The molecule has 0 aliphatic rings. The summed E-state index contributed by atoms with van der Waals surface area (Å²) in [5.74, 6) is -2.70. The van der Waals surface area contributed by atoms with Gasteiger partial charge in [-0.2, -0.15) is 0 Å². The van der Waals surface area contributed by atoms with Gasteiger partial charge in [-0.25, -0.2) is 8.78 Å². The van der Waals surface area contributed by atoms with Crippen LogP contribution in [0.25, 0.3) is 0 Å². The topological polar surface area (TPSA) is 67.4 Å². The highest BCUT2D eigenvalue weighted by molar-refractivity contribution is 5.95. The average molecular weight is 396 g/mol. The molecular formula is C22H18F2N2O3. The van der Waals surface area contributed by atoms with Gasteiger partial charge in [0.05, 0.1) is 0 Å². The molecule has 148 valence electrons. The Morgan fingerprint density at radius 3 is 2.21 bits per heavy atom. The van der Waals surface area contributed by atoms with E-state index in [1.54, 1.807) is 12.1 Å². The van der Waals surface area contributed by atoms with Crippen molar-refractivity contribution >= 4 is 11.8 Å². The summed E-state index contributed by atoms with van der Waals surface area (Å²) in [6.45, 7) is -0.344. The lowest BCUT2D eigenvalue weighted by Gasteiger charge is -2.12. The van der Waals surface area contributed by atoms with Crippen LogP contribution in [0.2, 0.25) is 0 Å². The molecule has 0 aliphatic heterocycles. The van der Waals surface area contributed by atoms with Crippen molar-refractivity contribution in [1.82, 2.24) is 10.9 Å². The first-order chi connectivity index (χ1) is 14.0. The lowest BCUT2D eigenvalue weighted by Crippen LogP contribution is -2.43. The smallest absolute Gasteiger partial charge is 0.276 e. The van der Waals surface area contributed by atoms with Crippen molar-refractivity contribution in [2.24, 2.45) is 0 Å². The molecule has 0 bridgehead atoms. The minimum absolute atomic E-state index is 0.253. The molecule has 0 fully saturated rings. The summed E-state index contributed by atoms with van der Waals surface area (Å²) in [5.41, 5.74) is 6.00. The van der Waals surface area contributed by atoms with Crippen molar-refractivity contribution in [2.45, 2.75) is 6.42 Å². The lowest BCUT2D eigenvalue weighted by molar-refractivity contribution is -0.123. The molecule has 0 unspecified atom stereocenters. The van der Waals surface area contributed by atoms with Gasteiger partial charge in [-0.05, 0) is 29.3 Å². The molecule has 0 aliphatic carbocycles. The maximum atomic E-state index is 13.2. The zero-order valence-corrected chi connectivity index (χ0v) is 15.3. The van der Waals surface area contributed by atoms with Crippen LogP contribution in [0, 0.1) is 11.6 Å². The van der Waals surface area contributed by atoms with E-state index in [1.807, 2.05) is 42.5 Å². The van der Waals surface area contributed by atoms with E-state index >= 15 is 0 Å². The van der Waals surface area contributed by atoms with E-state index in [1.165, 1.54) is 0 Å². The highest BCUT2D eigenvalue weighted by atomic mass is 19.1. The normalized spacial score (nSPS) is 10.3. The number of benzene rings is 3. The number of rotatable bonds is 6. The van der Waals surface area contributed by atoms with Gasteiger partial charge in [0.1, 0.15) is 17.4 Å². The molecule has 2 N–H and O–H groups in total. The Labute approximate surface area is 166 Å². The van der Waals surface area contributed by atoms with Crippen LogP contribution in [0.5, 0.6) is 5.75 Å². The molecule has 2 amide bonds. The van der Waals surface area contributed by atoms with E-state index in [0.717, 1.165) is 23.3 Å². The largest absolute Gasteiger partial charge is 0.483 e. The van der Waals surface area contributed by atoms with Gasteiger partial charge in [-0.3, -0.25) is 20.4 Å². The van der Waals surface area contributed by atoms with Crippen molar-refractivity contribution in [2.75, 3.05) is 6.61 Å². The summed E-state index contributed by atoms with van der Waals surface area (Å²) in [6, 6.07) is 19.5. The van der Waals surface area contributed by atoms with Crippen LogP contribution in [0.1, 0.15) is 21.5 Å². The number of ether oxygens (including phenoxy) is 1. The highest BCUT2D eigenvalue weighted by Crippen LogP contribution is 2.21. The molecular weight excluding hydrogens is 378 g/mol. The summed E-state index contributed by atoms with van der Waals surface area (Å²) in [5, 5.41) is 0. The maximum absolute atomic E-state index is 13.2. The second-order valence-electron chi connectivity index (χ2n) is 6.22. The van der Waals surface area contributed by atoms with E-state index in [2.05, 4.69) is 10.9 Å². The van der Waals surface area contributed by atoms with E-state index < -0.39 is 23.4 Å². The van der Waals surface area contributed by atoms with Crippen molar-refractivity contribution < 1.29 is 23.1 Å². The highest BCUT2D eigenvalue weighted by Gasteiger charge is 2.11. The Kier molecular flexibility index (Phi) is 6.52. The van der Waals surface area contributed by atoms with Crippen LogP contribution in [0.3, 0.4) is 0 Å². The fourth-order valence-corrected chi connectivity index (χ4v) is 2.67. The predicted octanol–water partition coefficient (Wildman–Crippen LogP) is 3.40. The molecule has 0 radical (unpaired) electrons. The minimum atomic E-state index is -0.889. The predicted molar refractivity (Wildman–Crippen MR) is 103 cm³/mol. The number of halogens is 2. The number of nitrogens with one attached hydrogen (secondary N) is 2. The van der Waals surface area contributed by atoms with Crippen LogP contribution < -0.4 is 15.6 Å². The SMILES string of the molecule is O=C(COc1ccccc1Cc1ccccc1)NNC(=O)c1cc(F)cc(F)c1. The number of amides is 2. The monoisotopic (exact) mass is 396 g/mol. The third-order valence-electron chi connectivity index (χ3n) is 4.01. The van der Waals surface area contributed by atoms with E-state index in [0.29, 0.717) is 18.2 Å². The first-order valence-electron chi connectivity index (χ1n) is 8.81. The van der Waals surface area contributed by atoms with Crippen LogP contribution in [-0.2, 0) is 11.2 Å². The van der Waals surface area contributed by atoms with E-state index in [-0.39, 0.29) is 12.2 Å². The third-order valence-corrected chi connectivity index (χ3v) is 4.01. The number of hydrogen-bond donors (Lipinski definition) is 2. The Balaban J connectivity index is 1.54. The molecule has 0 saturated heterocycles. The van der Waals surface area contributed by atoms with Gasteiger partial charge in [0.2, 0.25) is 0 Å². The van der Waals surface area contributed by atoms with Gasteiger partial charge in [0, 0.05) is 18.1 Å². The molecule has 0 spiro atoms. The molecule has 3 rings (SSSR count). The van der Waals surface area contributed by atoms with Gasteiger partial charge >= 0.3 is 0 Å². The van der Waals surface area contributed by atoms with Crippen molar-refractivity contribution in [1.29, 1.82) is 0 Å². The molecule has 3 aromatic carbocycles. The summed E-state index contributed by atoms with van der Waals surface area (Å²) < 4.78 is 31.9. The third kappa shape index (κ3) is 5.87. The number of carbonyl (C=O) groups is 2. The molecule has 5 nitrogen and oxygen atoms in total. The summed E-state index contributed by atoms with van der Waals surface area (Å²) in [4.78, 5) is 23.8. The molecule has 0 aromatic heterocycles. The van der Waals surface area contributed by atoms with Crippen LogP contribution in [0.15, 0.2) is 72.8 Å². The quantitative estimate of drug-likeness (QED) is 0.628. The van der Waals surface area contributed by atoms with Crippen LogP contribution in [-0.4, -0.2) is 18.4 Å². The van der Waals surface area contributed by atoms with Crippen LogP contribution >= 0.6 is 0 Å². The number of para-hydroxylation sites is 1. The molecule has 3 aromatic rings. The second-order valence-corrected chi connectivity index (χ2v) is 6.22. The van der Waals surface area contributed by atoms with Gasteiger partial charge in [-0.15, -0.1) is 0 Å². The number of hydrazine groups is 1. The summed E-state index contributed by atoms with van der Waals surface area (Å²) in [7, 11) is 0. The number of carbonyl (C=O) groups excluding carboxylic acids is 2. The molecule has 0 heterocycles. The second kappa shape index (κ2) is 9.45. The zero-order chi connectivity index (χ0) is 20.6. The Bertz CT molecular complexity index is 990. The van der Waals surface area contributed by atoms with Crippen LogP contribution in [0.4, 0.5) is 8.78 Å². The minimum Gasteiger partial charge on any atom is -0.483 e. The summed E-state index contributed by atoms with van der Waals surface area (Å²) >= 11 is 0. The maximum Gasteiger partial charge on any atom is 0.276 e. The first kappa shape index (κ1) is 20.0. The van der Waals surface area contributed by atoms with Gasteiger partial charge in [0.25, 0.3) is 11.8 Å². The van der Waals surface area contributed by atoms with Gasteiger partial charge in [0.15, 0.2) is 6.61 Å². The Morgan fingerprint density at radius 1 is 0.828 bits per heavy atom. The lowest BCUT2D eigenvalue weighted by atomic mass is 10.0. The first-order valence-corrected chi connectivity index (χ1v) is 8.81. The number of hydrogen-bond acceptors (Lipinski definition) is 3. The fourth-order valence-electron chi connectivity index (χ4n) is 2.67.